The third-order valence-electron chi connectivity index (χ3n) is 7.84. The summed E-state index contributed by atoms with van der Waals surface area (Å²) in [5.74, 6) is 0. The minimum absolute atomic E-state index is 1.23. The maximum atomic E-state index is 2.32. The molecule has 3 rings (SSSR count). The first-order chi connectivity index (χ1) is 19.7. The molecule has 0 saturated heterocycles. The van der Waals surface area contributed by atoms with Gasteiger partial charge in [0.2, 0.25) is 0 Å². The summed E-state index contributed by atoms with van der Waals surface area (Å²) < 4.78 is 0. The summed E-state index contributed by atoms with van der Waals surface area (Å²) in [6, 6.07) is 27.1. The molecule has 214 valence electrons. The van der Waals surface area contributed by atoms with E-state index < -0.39 is 0 Å². The molecule has 0 aliphatic carbocycles. The molecular formula is C38H54N2+2. The van der Waals surface area contributed by atoms with Crippen LogP contribution >= 0.6 is 0 Å². The van der Waals surface area contributed by atoms with Gasteiger partial charge in [0.15, 0.2) is 0 Å². The predicted molar refractivity (Wildman–Crippen MR) is 178 cm³/mol. The van der Waals surface area contributed by atoms with Crippen molar-refractivity contribution in [2.24, 2.45) is 0 Å². The van der Waals surface area contributed by atoms with E-state index in [9.17, 15) is 0 Å². The summed E-state index contributed by atoms with van der Waals surface area (Å²) >= 11 is 0. The minimum atomic E-state index is 1.23. The first-order valence-corrected chi connectivity index (χ1v) is 16.0. The second-order valence-electron chi connectivity index (χ2n) is 11.2. The normalized spacial score (nSPS) is 11.9. The Bertz CT molecular complexity index is 1020. The highest BCUT2D eigenvalue weighted by Crippen LogP contribution is 2.15. The van der Waals surface area contributed by atoms with Crippen molar-refractivity contribution in [3.8, 4) is 0 Å². The van der Waals surface area contributed by atoms with Gasteiger partial charge in [-0.3, -0.25) is 0 Å². The van der Waals surface area contributed by atoms with Gasteiger partial charge in [0.25, 0.3) is 0 Å². The molecule has 0 bridgehead atoms. The number of benzene rings is 3. The Kier molecular flexibility index (Phi) is 14.5. The topological polar surface area (TPSA) is 8.88 Å². The van der Waals surface area contributed by atoms with Crippen LogP contribution in [0.5, 0.6) is 0 Å². The zero-order valence-electron chi connectivity index (χ0n) is 25.7. The van der Waals surface area contributed by atoms with Gasteiger partial charge in [-0.25, -0.2) is 0 Å². The number of rotatable bonds is 18. The summed E-state index contributed by atoms with van der Waals surface area (Å²) in [5, 5.41) is 0. The van der Waals surface area contributed by atoms with Crippen molar-refractivity contribution in [3.05, 3.63) is 95.1 Å². The van der Waals surface area contributed by atoms with Crippen molar-refractivity contribution in [2.45, 2.75) is 79.1 Å². The number of hydrogen-bond acceptors (Lipinski definition) is 0. The van der Waals surface area contributed by atoms with Crippen molar-refractivity contribution in [1.29, 1.82) is 0 Å². The van der Waals surface area contributed by atoms with Crippen molar-refractivity contribution >= 4 is 35.7 Å². The smallest absolute Gasteiger partial charge is 0.131 e. The van der Waals surface area contributed by atoms with Crippen LogP contribution in [0.1, 0.15) is 101 Å². The molecule has 2 nitrogen and oxygen atoms in total. The summed E-state index contributed by atoms with van der Waals surface area (Å²) in [5.41, 5.74) is 7.82. The Balaban J connectivity index is 1.56. The molecule has 0 radical (unpaired) electrons. The Morgan fingerprint density at radius 2 is 0.600 bits per heavy atom. The quantitative estimate of drug-likeness (QED) is 0.151. The Morgan fingerprint density at radius 1 is 0.375 bits per heavy atom. The van der Waals surface area contributed by atoms with Crippen LogP contribution in [0.2, 0.25) is 0 Å². The first-order valence-electron chi connectivity index (χ1n) is 16.0. The molecule has 0 atom stereocenters. The first kappa shape index (κ1) is 31.6. The van der Waals surface area contributed by atoms with Gasteiger partial charge in [0, 0.05) is 0 Å². The predicted octanol–water partition coefficient (Wildman–Crippen LogP) is 8.26. The van der Waals surface area contributed by atoms with E-state index >= 15 is 0 Å². The van der Waals surface area contributed by atoms with Gasteiger partial charge in [-0.1, -0.05) is 102 Å². The average molecular weight is 539 g/mol. The van der Waals surface area contributed by atoms with Crippen LogP contribution in [-0.4, -0.2) is 26.2 Å². The third-order valence-corrected chi connectivity index (χ3v) is 7.84. The summed E-state index contributed by atoms with van der Waals surface area (Å²) in [4.78, 5) is 3.25. The van der Waals surface area contributed by atoms with Gasteiger partial charge in [-0.05, 0) is 96.5 Å². The van der Waals surface area contributed by atoms with Gasteiger partial charge in [-0.15, -0.1) is 0 Å². The van der Waals surface area contributed by atoms with Gasteiger partial charge < -0.3 is 9.80 Å². The molecule has 0 aromatic heterocycles. The van der Waals surface area contributed by atoms with E-state index in [-0.39, 0.29) is 0 Å². The van der Waals surface area contributed by atoms with Crippen molar-refractivity contribution in [3.63, 3.8) is 0 Å². The fraction of sp³-hybridized carbons (Fsp3) is 0.421. The zero-order chi connectivity index (χ0) is 28.4. The zero-order valence-corrected chi connectivity index (χ0v) is 25.7. The van der Waals surface area contributed by atoms with E-state index in [1.54, 1.807) is 9.80 Å². The van der Waals surface area contributed by atoms with Gasteiger partial charge in [-0.2, -0.15) is 0 Å². The minimum Gasteiger partial charge on any atom is -0.302 e. The molecule has 3 aromatic carbocycles. The molecule has 2 heteroatoms. The SMILES string of the molecule is CCCC[NH+](CCCC)c1ccc(/C=C/c2ccc(/C=C/c3ccc([NH+](CCCC)CCCC)cc3)cc2)cc1. The molecule has 0 heterocycles. The van der Waals surface area contributed by atoms with Crippen LogP contribution in [0.3, 0.4) is 0 Å². The van der Waals surface area contributed by atoms with E-state index in [4.69, 9.17) is 0 Å². The van der Waals surface area contributed by atoms with Crippen LogP contribution < -0.4 is 9.80 Å². The summed E-state index contributed by atoms with van der Waals surface area (Å²) in [6.45, 7) is 14.1. The van der Waals surface area contributed by atoms with Gasteiger partial charge in [0.05, 0.1) is 26.2 Å². The van der Waals surface area contributed by atoms with Crippen molar-refractivity contribution in [1.82, 2.24) is 0 Å². The fourth-order valence-electron chi connectivity index (χ4n) is 5.15. The third kappa shape index (κ3) is 10.9. The van der Waals surface area contributed by atoms with Crippen LogP contribution in [0, 0.1) is 0 Å². The van der Waals surface area contributed by atoms with Crippen molar-refractivity contribution < 1.29 is 9.80 Å². The van der Waals surface area contributed by atoms with Gasteiger partial charge in [0.1, 0.15) is 11.4 Å². The van der Waals surface area contributed by atoms with E-state index in [0.29, 0.717) is 0 Å². The molecule has 0 unspecified atom stereocenters. The molecule has 0 spiro atoms. The van der Waals surface area contributed by atoms with Gasteiger partial charge >= 0.3 is 0 Å². The highest BCUT2D eigenvalue weighted by molar-refractivity contribution is 5.73. The summed E-state index contributed by atoms with van der Waals surface area (Å²) in [6.07, 6.45) is 19.1. The molecule has 0 amide bonds. The molecule has 2 N–H and O–H groups in total. The highest BCUT2D eigenvalue weighted by atomic mass is 15.1. The second kappa shape index (κ2) is 18.4. The van der Waals surface area contributed by atoms with Crippen LogP contribution in [0.4, 0.5) is 11.4 Å². The highest BCUT2D eigenvalue weighted by Gasteiger charge is 2.11. The average Bonchev–Trinajstić information content (AvgIpc) is 3.00. The second-order valence-corrected chi connectivity index (χ2v) is 11.2. The molecule has 0 aliphatic rings. The standard InChI is InChI=1S/C38H52N2/c1-5-9-29-39(30-10-6-2)37-25-21-35(22-26-37)19-17-33-13-15-34(16-14-33)18-20-36-23-27-38(28-24-36)40(31-11-7-3)32-12-8-4/h13-28H,5-12,29-32H2,1-4H3/p+2/b19-17+,20-18+. The molecular weight excluding hydrogens is 484 g/mol. The molecule has 0 aliphatic heterocycles. The lowest BCUT2D eigenvalue weighted by Gasteiger charge is -2.18. The number of nitrogens with one attached hydrogen (secondary N) is 2. The van der Waals surface area contributed by atoms with E-state index in [1.165, 1.54) is 111 Å². The lowest BCUT2D eigenvalue weighted by molar-refractivity contribution is -0.833. The van der Waals surface area contributed by atoms with Crippen LogP contribution in [-0.2, 0) is 0 Å². The Labute approximate surface area is 245 Å². The molecule has 40 heavy (non-hydrogen) atoms. The number of hydrogen-bond donors (Lipinski definition) is 2. The van der Waals surface area contributed by atoms with E-state index in [2.05, 4.69) is 125 Å². The van der Waals surface area contributed by atoms with Crippen molar-refractivity contribution in [2.75, 3.05) is 26.2 Å². The number of unbranched alkanes of at least 4 members (excludes halogenated alkanes) is 4. The van der Waals surface area contributed by atoms with E-state index in [0.717, 1.165) is 0 Å². The Morgan fingerprint density at radius 3 is 0.825 bits per heavy atom. The summed E-state index contributed by atoms with van der Waals surface area (Å²) in [7, 11) is 0. The monoisotopic (exact) mass is 538 g/mol. The maximum absolute atomic E-state index is 2.32. The molecule has 0 saturated carbocycles. The van der Waals surface area contributed by atoms with Crippen LogP contribution in [0.25, 0.3) is 24.3 Å². The Hall–Kier alpha value is -2.94. The number of quaternary nitrogens is 2. The largest absolute Gasteiger partial charge is 0.302 e. The van der Waals surface area contributed by atoms with E-state index in [1.807, 2.05) is 0 Å². The molecule has 3 aromatic rings. The van der Waals surface area contributed by atoms with Crippen LogP contribution in [0.15, 0.2) is 72.8 Å². The molecule has 0 fully saturated rings. The lowest BCUT2D eigenvalue weighted by Crippen LogP contribution is -3.07. The maximum Gasteiger partial charge on any atom is 0.131 e. The fourth-order valence-corrected chi connectivity index (χ4v) is 5.15. The lowest BCUT2D eigenvalue weighted by atomic mass is 10.1.